The van der Waals surface area contributed by atoms with E-state index in [0.29, 0.717) is 21.5 Å². The summed E-state index contributed by atoms with van der Waals surface area (Å²) in [5, 5.41) is 4.94. The predicted molar refractivity (Wildman–Crippen MR) is 93.6 cm³/mol. The van der Waals surface area contributed by atoms with Crippen LogP contribution in [0.5, 0.6) is 5.75 Å². The van der Waals surface area contributed by atoms with Crippen molar-refractivity contribution in [3.05, 3.63) is 58.7 Å². The second-order valence-electron chi connectivity index (χ2n) is 5.04. The van der Waals surface area contributed by atoms with Crippen LogP contribution in [0.1, 0.15) is 0 Å². The van der Waals surface area contributed by atoms with E-state index < -0.39 is 0 Å². The summed E-state index contributed by atoms with van der Waals surface area (Å²) < 4.78 is 6.96. The van der Waals surface area contributed by atoms with Crippen molar-refractivity contribution in [1.29, 1.82) is 0 Å². The number of nitrogens with one attached hydrogen (secondary N) is 1. The molecule has 1 heterocycles. The third kappa shape index (κ3) is 3.44. The largest absolute Gasteiger partial charge is 0.495 e. The molecule has 0 aliphatic rings. The number of aromatic nitrogens is 1. The smallest absolute Gasteiger partial charge is 0.244 e. The fourth-order valence-electron chi connectivity index (χ4n) is 2.41. The maximum absolute atomic E-state index is 12.2. The Morgan fingerprint density at radius 1 is 1.17 bits per heavy atom. The molecule has 0 saturated heterocycles. The highest BCUT2D eigenvalue weighted by Crippen LogP contribution is 2.27. The highest BCUT2D eigenvalue weighted by atomic mass is 35.5. The summed E-state index contributed by atoms with van der Waals surface area (Å²) in [6.45, 7) is 0.203. The van der Waals surface area contributed by atoms with Crippen LogP contribution in [0.15, 0.2) is 48.7 Å². The van der Waals surface area contributed by atoms with Crippen molar-refractivity contribution in [3.8, 4) is 5.75 Å². The van der Waals surface area contributed by atoms with Gasteiger partial charge in [-0.05, 0) is 42.5 Å². The van der Waals surface area contributed by atoms with Crippen LogP contribution in [-0.4, -0.2) is 17.6 Å². The van der Waals surface area contributed by atoms with Crippen LogP contribution in [-0.2, 0) is 11.3 Å². The monoisotopic (exact) mass is 348 g/mol. The van der Waals surface area contributed by atoms with E-state index in [9.17, 15) is 4.79 Å². The number of amides is 1. The molecule has 0 spiro atoms. The van der Waals surface area contributed by atoms with Crippen LogP contribution in [0.3, 0.4) is 0 Å². The van der Waals surface area contributed by atoms with E-state index in [1.807, 2.05) is 35.0 Å². The molecule has 0 aliphatic carbocycles. The second-order valence-corrected chi connectivity index (χ2v) is 5.89. The number of methoxy groups -OCH3 is 1. The van der Waals surface area contributed by atoms with Gasteiger partial charge in [-0.3, -0.25) is 4.79 Å². The molecule has 0 atom stereocenters. The first-order chi connectivity index (χ1) is 11.1. The van der Waals surface area contributed by atoms with Gasteiger partial charge in [-0.25, -0.2) is 0 Å². The molecule has 3 aromatic rings. The Morgan fingerprint density at radius 3 is 2.74 bits per heavy atom. The molecule has 2 aromatic carbocycles. The van der Waals surface area contributed by atoms with E-state index in [1.165, 1.54) is 0 Å². The summed E-state index contributed by atoms with van der Waals surface area (Å²) in [4.78, 5) is 12.2. The zero-order valence-corrected chi connectivity index (χ0v) is 13.9. The number of carbonyl (C=O) groups excluding carboxylic acids is 1. The number of halogens is 2. The van der Waals surface area contributed by atoms with E-state index in [1.54, 1.807) is 25.3 Å². The second kappa shape index (κ2) is 6.52. The van der Waals surface area contributed by atoms with Crippen molar-refractivity contribution in [2.45, 2.75) is 6.54 Å². The normalized spacial score (nSPS) is 10.7. The Kier molecular flexibility index (Phi) is 4.46. The van der Waals surface area contributed by atoms with Crippen LogP contribution >= 0.6 is 23.2 Å². The van der Waals surface area contributed by atoms with Gasteiger partial charge in [0.05, 0.1) is 12.1 Å². The van der Waals surface area contributed by atoms with Crippen molar-refractivity contribution >= 4 is 45.7 Å². The minimum atomic E-state index is -0.140. The molecule has 0 aliphatic heterocycles. The fourth-order valence-corrected chi connectivity index (χ4v) is 2.85. The van der Waals surface area contributed by atoms with E-state index in [2.05, 4.69) is 5.32 Å². The van der Waals surface area contributed by atoms with Gasteiger partial charge in [-0.15, -0.1) is 0 Å². The van der Waals surface area contributed by atoms with Crippen LogP contribution in [0, 0.1) is 0 Å². The number of hydrogen-bond donors (Lipinski definition) is 1. The van der Waals surface area contributed by atoms with Crippen molar-refractivity contribution in [3.63, 3.8) is 0 Å². The summed E-state index contributed by atoms with van der Waals surface area (Å²) in [6, 6.07) is 12.6. The summed E-state index contributed by atoms with van der Waals surface area (Å²) in [5.41, 5.74) is 1.58. The number of fused-ring (bicyclic) bond motifs is 1. The number of rotatable bonds is 4. The molecule has 1 N–H and O–H groups in total. The van der Waals surface area contributed by atoms with E-state index in [-0.39, 0.29) is 12.5 Å². The summed E-state index contributed by atoms with van der Waals surface area (Å²) in [7, 11) is 1.54. The SMILES string of the molecule is COc1ccc(NC(=O)Cn2ccc3cc(Cl)ccc32)cc1Cl. The van der Waals surface area contributed by atoms with Crippen molar-refractivity contribution in [1.82, 2.24) is 4.57 Å². The molecular weight excluding hydrogens is 335 g/mol. The first-order valence-corrected chi connectivity index (χ1v) is 7.70. The fraction of sp³-hybridized carbons (Fsp3) is 0.118. The molecule has 118 valence electrons. The zero-order valence-electron chi connectivity index (χ0n) is 12.3. The number of hydrogen-bond acceptors (Lipinski definition) is 2. The first-order valence-electron chi connectivity index (χ1n) is 6.94. The van der Waals surface area contributed by atoms with Gasteiger partial charge in [0.15, 0.2) is 0 Å². The van der Waals surface area contributed by atoms with Crippen molar-refractivity contribution < 1.29 is 9.53 Å². The Morgan fingerprint density at radius 2 is 2.00 bits per heavy atom. The average Bonchev–Trinajstić information content (AvgIpc) is 2.89. The lowest BCUT2D eigenvalue weighted by Gasteiger charge is -2.09. The Labute approximate surface area is 143 Å². The Hall–Kier alpha value is -2.17. The lowest BCUT2D eigenvalue weighted by Crippen LogP contribution is -2.18. The van der Waals surface area contributed by atoms with Gasteiger partial charge in [0, 0.05) is 27.8 Å². The van der Waals surface area contributed by atoms with Crippen molar-refractivity contribution in [2.75, 3.05) is 12.4 Å². The molecule has 4 nitrogen and oxygen atoms in total. The number of anilines is 1. The molecule has 0 saturated carbocycles. The average molecular weight is 349 g/mol. The minimum absolute atomic E-state index is 0.140. The Bertz CT molecular complexity index is 874. The molecule has 23 heavy (non-hydrogen) atoms. The topological polar surface area (TPSA) is 43.3 Å². The van der Waals surface area contributed by atoms with Gasteiger partial charge in [0.2, 0.25) is 5.91 Å². The third-order valence-corrected chi connectivity index (χ3v) is 4.01. The van der Waals surface area contributed by atoms with Gasteiger partial charge < -0.3 is 14.6 Å². The Balaban J connectivity index is 1.75. The maximum atomic E-state index is 12.2. The number of carbonyl (C=O) groups is 1. The zero-order chi connectivity index (χ0) is 16.4. The van der Waals surface area contributed by atoms with Crippen molar-refractivity contribution in [2.24, 2.45) is 0 Å². The molecular formula is C17H14Cl2N2O2. The van der Waals surface area contributed by atoms with Gasteiger partial charge in [-0.1, -0.05) is 23.2 Å². The molecule has 0 fully saturated rings. The maximum Gasteiger partial charge on any atom is 0.244 e. The molecule has 1 aromatic heterocycles. The summed E-state index contributed by atoms with van der Waals surface area (Å²) in [6.07, 6.45) is 1.86. The molecule has 0 bridgehead atoms. The molecule has 3 rings (SSSR count). The number of benzene rings is 2. The summed E-state index contributed by atoms with van der Waals surface area (Å²) in [5.74, 6) is 0.427. The van der Waals surface area contributed by atoms with Gasteiger partial charge in [0.25, 0.3) is 0 Å². The van der Waals surface area contributed by atoms with Gasteiger partial charge in [0.1, 0.15) is 12.3 Å². The molecule has 1 amide bonds. The standard InChI is InChI=1S/C17H14Cl2N2O2/c1-23-16-5-3-13(9-14(16)19)20-17(22)10-21-7-6-11-8-12(18)2-4-15(11)21/h2-9H,10H2,1H3,(H,20,22). The quantitative estimate of drug-likeness (QED) is 0.748. The number of nitrogens with zero attached hydrogens (tertiary/aromatic N) is 1. The molecule has 0 radical (unpaired) electrons. The van der Waals surface area contributed by atoms with Crippen LogP contribution in [0.25, 0.3) is 10.9 Å². The molecule has 0 unspecified atom stereocenters. The molecule has 6 heteroatoms. The van der Waals surface area contributed by atoms with Gasteiger partial charge >= 0.3 is 0 Å². The van der Waals surface area contributed by atoms with Gasteiger partial charge in [-0.2, -0.15) is 0 Å². The van der Waals surface area contributed by atoms with E-state index in [4.69, 9.17) is 27.9 Å². The highest BCUT2D eigenvalue weighted by Gasteiger charge is 2.08. The van der Waals surface area contributed by atoms with Crippen LogP contribution < -0.4 is 10.1 Å². The first kappa shape index (κ1) is 15.7. The van der Waals surface area contributed by atoms with E-state index >= 15 is 0 Å². The van der Waals surface area contributed by atoms with Crippen LogP contribution in [0.4, 0.5) is 5.69 Å². The highest BCUT2D eigenvalue weighted by molar-refractivity contribution is 6.32. The summed E-state index contributed by atoms with van der Waals surface area (Å²) >= 11 is 12.0. The lowest BCUT2D eigenvalue weighted by atomic mass is 10.2. The third-order valence-electron chi connectivity index (χ3n) is 3.48. The number of ether oxygens (including phenoxy) is 1. The predicted octanol–water partition coefficient (Wildman–Crippen LogP) is 4.60. The minimum Gasteiger partial charge on any atom is -0.495 e. The van der Waals surface area contributed by atoms with Crippen LogP contribution in [0.2, 0.25) is 10.0 Å². The lowest BCUT2D eigenvalue weighted by molar-refractivity contribution is -0.116. The van der Waals surface area contributed by atoms with E-state index in [0.717, 1.165) is 10.9 Å².